The second-order valence-electron chi connectivity index (χ2n) is 0.773. The summed E-state index contributed by atoms with van der Waals surface area (Å²) >= 11 is 0. The normalized spacial score (nSPS) is 8.17. The fourth-order valence-electron chi connectivity index (χ4n) is 0.112. The van der Waals surface area contributed by atoms with E-state index in [0.717, 1.165) is 0 Å². The molecular weight excluding hydrogens is 80.0 g/mol. The molecule has 0 spiro atoms. The largest absolute Gasteiger partial charge is 0.316 e. The second kappa shape index (κ2) is 4.59. The van der Waals surface area contributed by atoms with Gasteiger partial charge in [-0.05, 0) is 6.21 Å². The van der Waals surface area contributed by atoms with Crippen molar-refractivity contribution < 1.29 is 5.21 Å². The van der Waals surface area contributed by atoms with Crippen molar-refractivity contribution in [3.63, 3.8) is 0 Å². The van der Waals surface area contributed by atoms with Gasteiger partial charge in [0.25, 0.3) is 0 Å². The zero-order valence-electron chi connectivity index (χ0n) is 3.31. The minimum Gasteiger partial charge on any atom is -0.316 e. The molecule has 0 aromatic carbocycles. The summed E-state index contributed by atoms with van der Waals surface area (Å²) in [6, 6.07) is 0. The highest BCUT2D eigenvalue weighted by atomic mass is 16.5. The lowest BCUT2D eigenvalue weighted by Crippen LogP contribution is -2.00. The van der Waals surface area contributed by atoms with E-state index in [1.54, 1.807) is 5.48 Å². The molecule has 35 valence electrons. The highest BCUT2D eigenvalue weighted by molar-refractivity contribution is 5.54. The van der Waals surface area contributed by atoms with Crippen LogP contribution in [0.2, 0.25) is 0 Å². The van der Waals surface area contributed by atoms with E-state index in [2.05, 4.69) is 0 Å². The topological polar surface area (TPSA) is 56.1 Å². The Balaban J connectivity index is 2.49. The molecule has 0 atom stereocenters. The Labute approximate surface area is 36.5 Å². The average Bonchev–Trinajstić information content (AvgIpc) is 1.61. The quantitative estimate of drug-likeness (QED) is 0.261. The molecule has 0 amide bonds. The van der Waals surface area contributed by atoms with Gasteiger partial charge in [-0.3, -0.25) is 0 Å². The molecule has 0 aliphatic heterocycles. The fraction of sp³-hybridized carbons (Fsp3) is 0.333. The maximum atomic E-state index is 7.79. The van der Waals surface area contributed by atoms with Crippen molar-refractivity contribution in [2.75, 3.05) is 0 Å². The smallest absolute Gasteiger partial charge is 0.0548 e. The number of nitrogens with one attached hydrogen (secondary N) is 2. The van der Waals surface area contributed by atoms with Crippen LogP contribution in [0.3, 0.4) is 0 Å². The second-order valence-corrected chi connectivity index (χ2v) is 0.773. The van der Waals surface area contributed by atoms with Crippen LogP contribution in [0.15, 0.2) is 0 Å². The number of hydrogen-bond acceptors (Lipinski definition) is 3. The van der Waals surface area contributed by atoms with Crippen LogP contribution < -0.4 is 5.48 Å². The van der Waals surface area contributed by atoms with Crippen LogP contribution >= 0.6 is 0 Å². The van der Waals surface area contributed by atoms with Crippen molar-refractivity contribution in [3.05, 3.63) is 6.54 Å². The van der Waals surface area contributed by atoms with E-state index in [0.29, 0.717) is 6.42 Å². The monoisotopic (exact) mass is 87.1 g/mol. The van der Waals surface area contributed by atoms with Gasteiger partial charge in [0.05, 0.1) is 6.54 Å². The van der Waals surface area contributed by atoms with Gasteiger partial charge in [0.15, 0.2) is 0 Å². The van der Waals surface area contributed by atoms with Gasteiger partial charge in [-0.15, -0.1) is 0 Å². The predicted octanol–water partition coefficient (Wildman–Crippen LogP) is 0.167. The molecule has 0 rings (SSSR count). The van der Waals surface area contributed by atoms with Gasteiger partial charge >= 0.3 is 0 Å². The van der Waals surface area contributed by atoms with Crippen molar-refractivity contribution in [1.82, 2.24) is 5.48 Å². The van der Waals surface area contributed by atoms with Gasteiger partial charge in [-0.2, -0.15) is 0 Å². The van der Waals surface area contributed by atoms with Gasteiger partial charge in [0.2, 0.25) is 0 Å². The molecule has 0 fully saturated rings. The van der Waals surface area contributed by atoms with E-state index in [1.807, 2.05) is 0 Å². The molecule has 0 heterocycles. The summed E-state index contributed by atoms with van der Waals surface area (Å²) in [5.74, 6) is 0. The van der Waals surface area contributed by atoms with Crippen molar-refractivity contribution >= 4 is 6.21 Å². The van der Waals surface area contributed by atoms with Gasteiger partial charge in [-0.1, -0.05) is 0 Å². The molecule has 0 bridgehead atoms. The minimum atomic E-state index is 0.469. The van der Waals surface area contributed by atoms with Gasteiger partial charge in [0, 0.05) is 6.42 Å². The molecule has 0 unspecified atom stereocenters. The third kappa shape index (κ3) is 3.59. The van der Waals surface area contributed by atoms with Crippen LogP contribution in [-0.2, 0) is 0 Å². The molecule has 0 saturated heterocycles. The van der Waals surface area contributed by atoms with E-state index in [-0.39, 0.29) is 0 Å². The van der Waals surface area contributed by atoms with Crippen LogP contribution in [0.4, 0.5) is 0 Å². The zero-order chi connectivity index (χ0) is 4.83. The summed E-state index contributed by atoms with van der Waals surface area (Å²) in [7, 11) is 0. The van der Waals surface area contributed by atoms with Crippen LogP contribution in [-0.4, -0.2) is 11.4 Å². The van der Waals surface area contributed by atoms with Crippen molar-refractivity contribution in [3.8, 4) is 0 Å². The predicted molar refractivity (Wildman–Crippen MR) is 22.6 cm³/mol. The highest BCUT2D eigenvalue weighted by Gasteiger charge is 1.72. The summed E-state index contributed by atoms with van der Waals surface area (Å²) in [6.07, 6.45) is 1.65. The molecule has 0 saturated carbocycles. The third-order valence-electron chi connectivity index (χ3n) is 0.327. The summed E-state index contributed by atoms with van der Waals surface area (Å²) in [6.45, 7) is 1.37. The first-order valence-electron chi connectivity index (χ1n) is 1.62. The average molecular weight is 87.1 g/mol. The third-order valence-corrected chi connectivity index (χ3v) is 0.327. The standard InChI is InChI=1S/C3H7N2O/c4-2-1-3-5-6/h2-6H,1H2. The Morgan fingerprint density at radius 1 is 1.83 bits per heavy atom. The van der Waals surface area contributed by atoms with Crippen molar-refractivity contribution in [2.45, 2.75) is 6.42 Å². The zero-order valence-corrected chi connectivity index (χ0v) is 3.31. The Kier molecular flexibility index (Phi) is 4.28. The SMILES string of the molecule is N=CC[CH]NO. The first kappa shape index (κ1) is 5.59. The van der Waals surface area contributed by atoms with Gasteiger partial charge in [-0.25, -0.2) is 5.48 Å². The summed E-state index contributed by atoms with van der Waals surface area (Å²) < 4.78 is 0. The molecular formula is C3H7N2O. The van der Waals surface area contributed by atoms with E-state index < -0.39 is 0 Å². The lowest BCUT2D eigenvalue weighted by Gasteiger charge is -1.83. The summed E-state index contributed by atoms with van der Waals surface area (Å²) in [5.41, 5.74) is 1.79. The molecule has 0 aromatic rings. The molecule has 3 nitrogen and oxygen atoms in total. The summed E-state index contributed by atoms with van der Waals surface area (Å²) in [5, 5.41) is 14.2. The maximum absolute atomic E-state index is 7.79. The van der Waals surface area contributed by atoms with Gasteiger partial charge in [0.1, 0.15) is 0 Å². The molecule has 3 N–H and O–H groups in total. The van der Waals surface area contributed by atoms with E-state index in [1.165, 1.54) is 12.8 Å². The van der Waals surface area contributed by atoms with Crippen molar-refractivity contribution in [1.29, 1.82) is 5.41 Å². The van der Waals surface area contributed by atoms with Crippen LogP contribution in [0, 0.1) is 12.0 Å². The lowest BCUT2D eigenvalue weighted by molar-refractivity contribution is 0.195. The molecule has 1 radical (unpaired) electrons. The fourth-order valence-corrected chi connectivity index (χ4v) is 0.112. The molecule has 6 heavy (non-hydrogen) atoms. The summed E-state index contributed by atoms with van der Waals surface area (Å²) in [4.78, 5) is 0. The first-order chi connectivity index (χ1) is 2.91. The maximum Gasteiger partial charge on any atom is 0.0548 e. The Morgan fingerprint density at radius 3 is 2.67 bits per heavy atom. The Bertz CT molecular complexity index is 37.8. The lowest BCUT2D eigenvalue weighted by atomic mass is 10.5. The van der Waals surface area contributed by atoms with Crippen LogP contribution in [0.5, 0.6) is 0 Å². The van der Waals surface area contributed by atoms with Crippen LogP contribution in [0.1, 0.15) is 6.42 Å². The minimum absolute atomic E-state index is 0.469. The number of hydroxylamine groups is 1. The van der Waals surface area contributed by atoms with E-state index >= 15 is 0 Å². The molecule has 0 aromatic heterocycles. The Hall–Kier alpha value is -0.410. The van der Waals surface area contributed by atoms with E-state index in [9.17, 15) is 0 Å². The number of hydrogen-bond donors (Lipinski definition) is 3. The Morgan fingerprint density at radius 2 is 2.50 bits per heavy atom. The van der Waals surface area contributed by atoms with E-state index in [4.69, 9.17) is 10.6 Å². The van der Waals surface area contributed by atoms with Gasteiger partial charge < -0.3 is 10.6 Å². The van der Waals surface area contributed by atoms with Crippen LogP contribution in [0.25, 0.3) is 0 Å². The molecule has 0 aliphatic carbocycles. The first-order valence-corrected chi connectivity index (χ1v) is 1.62. The molecule has 0 aliphatic rings. The highest BCUT2D eigenvalue weighted by Crippen LogP contribution is 1.69. The molecule has 3 heteroatoms. The van der Waals surface area contributed by atoms with Crippen molar-refractivity contribution in [2.24, 2.45) is 0 Å². The number of rotatable bonds is 3.